The number of carbonyl (C=O) groups excluding carboxylic acids is 2. The van der Waals surface area contributed by atoms with E-state index in [1.807, 2.05) is 0 Å². The summed E-state index contributed by atoms with van der Waals surface area (Å²) in [5.41, 5.74) is 5.74. The van der Waals surface area contributed by atoms with Crippen LogP contribution in [0.2, 0.25) is 0 Å². The van der Waals surface area contributed by atoms with Crippen molar-refractivity contribution >= 4 is 35.0 Å². The van der Waals surface area contributed by atoms with E-state index in [2.05, 4.69) is 26.2 Å². The van der Waals surface area contributed by atoms with Gasteiger partial charge in [-0.25, -0.2) is 15.0 Å². The number of benzene rings is 1. The average Bonchev–Trinajstić information content (AvgIpc) is 2.60. The van der Waals surface area contributed by atoms with Crippen LogP contribution in [0, 0.1) is 0 Å². The molecule has 4 N–H and O–H groups in total. The van der Waals surface area contributed by atoms with Crippen LogP contribution in [0.5, 0.6) is 0 Å². The molecule has 0 aromatic heterocycles. The zero-order chi connectivity index (χ0) is 17.4. The third-order valence-corrected chi connectivity index (χ3v) is 4.03. The summed E-state index contributed by atoms with van der Waals surface area (Å²) in [6.07, 6.45) is 5.82. The SMILES string of the molecule is COC(=O)c1ccccc1NC(=O)NNC(=S)NC1CCCCC1. The first-order valence-electron chi connectivity index (χ1n) is 7.91. The predicted octanol–water partition coefficient (Wildman–Crippen LogP) is 2.31. The molecular formula is C16H22N4O3S. The number of hydrazine groups is 1. The Hall–Kier alpha value is -2.35. The maximum absolute atomic E-state index is 11.9. The number of carbonyl (C=O) groups is 2. The molecule has 0 atom stereocenters. The van der Waals surface area contributed by atoms with Gasteiger partial charge in [0.2, 0.25) is 0 Å². The van der Waals surface area contributed by atoms with E-state index in [1.165, 1.54) is 26.4 Å². The van der Waals surface area contributed by atoms with Crippen LogP contribution in [0.4, 0.5) is 10.5 Å². The second-order valence-corrected chi connectivity index (χ2v) is 5.96. The first-order chi connectivity index (χ1) is 11.6. The van der Waals surface area contributed by atoms with Crippen LogP contribution in [0.1, 0.15) is 42.5 Å². The average molecular weight is 350 g/mol. The quantitative estimate of drug-likeness (QED) is 0.380. The van der Waals surface area contributed by atoms with Gasteiger partial charge in [-0.2, -0.15) is 0 Å². The van der Waals surface area contributed by atoms with Gasteiger partial charge in [0.1, 0.15) is 0 Å². The number of thiocarbonyl (C=S) groups is 1. The van der Waals surface area contributed by atoms with Gasteiger partial charge >= 0.3 is 12.0 Å². The Morgan fingerprint density at radius 2 is 1.83 bits per heavy atom. The Morgan fingerprint density at radius 3 is 2.54 bits per heavy atom. The van der Waals surface area contributed by atoms with E-state index in [9.17, 15) is 9.59 Å². The number of hydrogen-bond donors (Lipinski definition) is 4. The third kappa shape index (κ3) is 5.38. The Bertz CT molecular complexity index is 603. The largest absolute Gasteiger partial charge is 0.465 e. The fraction of sp³-hybridized carbons (Fsp3) is 0.438. The predicted molar refractivity (Wildman–Crippen MR) is 95.7 cm³/mol. The maximum atomic E-state index is 11.9. The van der Waals surface area contributed by atoms with Crippen LogP contribution in [-0.2, 0) is 4.74 Å². The Labute approximate surface area is 146 Å². The lowest BCUT2D eigenvalue weighted by Gasteiger charge is -2.24. The lowest BCUT2D eigenvalue weighted by molar-refractivity contribution is 0.0602. The zero-order valence-corrected chi connectivity index (χ0v) is 14.4. The normalized spacial score (nSPS) is 14.4. The van der Waals surface area contributed by atoms with Gasteiger partial charge in [0.05, 0.1) is 18.4 Å². The highest BCUT2D eigenvalue weighted by molar-refractivity contribution is 7.80. The molecule has 7 nitrogen and oxygen atoms in total. The molecule has 24 heavy (non-hydrogen) atoms. The number of amides is 2. The molecule has 2 rings (SSSR count). The number of rotatable bonds is 3. The number of anilines is 1. The number of esters is 1. The third-order valence-electron chi connectivity index (χ3n) is 3.81. The van der Waals surface area contributed by atoms with Crippen LogP contribution >= 0.6 is 12.2 Å². The van der Waals surface area contributed by atoms with Crippen molar-refractivity contribution in [2.24, 2.45) is 0 Å². The highest BCUT2D eigenvalue weighted by Gasteiger charge is 2.15. The van der Waals surface area contributed by atoms with E-state index in [4.69, 9.17) is 12.2 Å². The van der Waals surface area contributed by atoms with Gasteiger partial charge in [-0.15, -0.1) is 0 Å². The minimum Gasteiger partial charge on any atom is -0.465 e. The van der Waals surface area contributed by atoms with Gasteiger partial charge in [-0.05, 0) is 37.2 Å². The summed E-state index contributed by atoms with van der Waals surface area (Å²) in [5.74, 6) is -0.520. The minimum atomic E-state index is -0.529. The van der Waals surface area contributed by atoms with E-state index >= 15 is 0 Å². The van der Waals surface area contributed by atoms with Gasteiger partial charge in [0.15, 0.2) is 5.11 Å². The summed E-state index contributed by atoms with van der Waals surface area (Å²) >= 11 is 5.17. The summed E-state index contributed by atoms with van der Waals surface area (Å²) in [5, 5.41) is 6.14. The number of ether oxygens (including phenoxy) is 1. The lowest BCUT2D eigenvalue weighted by Crippen LogP contribution is -2.51. The van der Waals surface area contributed by atoms with Crippen molar-refractivity contribution in [3.8, 4) is 0 Å². The highest BCUT2D eigenvalue weighted by atomic mass is 32.1. The molecule has 2 amide bonds. The zero-order valence-electron chi connectivity index (χ0n) is 13.6. The molecule has 8 heteroatoms. The van der Waals surface area contributed by atoms with Crippen molar-refractivity contribution in [2.75, 3.05) is 12.4 Å². The molecule has 1 aromatic rings. The fourth-order valence-electron chi connectivity index (χ4n) is 2.62. The summed E-state index contributed by atoms with van der Waals surface area (Å²) < 4.78 is 4.68. The summed E-state index contributed by atoms with van der Waals surface area (Å²) in [7, 11) is 1.29. The van der Waals surface area contributed by atoms with E-state index in [0.29, 0.717) is 16.8 Å². The molecular weight excluding hydrogens is 328 g/mol. The maximum Gasteiger partial charge on any atom is 0.339 e. The molecule has 1 saturated carbocycles. The summed E-state index contributed by atoms with van der Waals surface area (Å²) in [6, 6.07) is 6.42. The molecule has 0 bridgehead atoms. The van der Waals surface area contributed by atoms with Crippen LogP contribution in [0.25, 0.3) is 0 Å². The van der Waals surface area contributed by atoms with Crippen molar-refractivity contribution in [3.63, 3.8) is 0 Å². The number of hydrogen-bond acceptors (Lipinski definition) is 4. The second-order valence-electron chi connectivity index (χ2n) is 5.55. The van der Waals surface area contributed by atoms with E-state index < -0.39 is 12.0 Å². The Balaban J connectivity index is 1.81. The smallest absolute Gasteiger partial charge is 0.339 e. The first kappa shape index (κ1) is 18.0. The van der Waals surface area contributed by atoms with Crippen molar-refractivity contribution < 1.29 is 14.3 Å². The molecule has 0 spiro atoms. The van der Waals surface area contributed by atoms with Gasteiger partial charge < -0.3 is 15.4 Å². The van der Waals surface area contributed by atoms with Gasteiger partial charge in [-0.1, -0.05) is 31.4 Å². The standard InChI is InChI=1S/C16H22N4O3S/c1-23-14(21)12-9-5-6-10-13(12)18-15(22)19-20-16(24)17-11-7-3-2-4-8-11/h5-6,9-11H,2-4,7-8H2,1H3,(H2,17,20,24)(H2,18,19,22). The first-order valence-corrected chi connectivity index (χ1v) is 8.32. The molecule has 1 aliphatic carbocycles. The van der Waals surface area contributed by atoms with Crippen LogP contribution < -0.4 is 21.5 Å². The number of methoxy groups -OCH3 is 1. The molecule has 1 aliphatic rings. The van der Waals surface area contributed by atoms with Gasteiger partial charge in [-0.3, -0.25) is 5.43 Å². The molecule has 0 unspecified atom stereocenters. The second kappa shape index (κ2) is 9.07. The number of urea groups is 1. The molecule has 0 heterocycles. The highest BCUT2D eigenvalue weighted by Crippen LogP contribution is 2.17. The van der Waals surface area contributed by atoms with Crippen LogP contribution in [-0.4, -0.2) is 30.3 Å². The Kier molecular flexibility index (Phi) is 6.80. The lowest BCUT2D eigenvalue weighted by atomic mass is 9.96. The van der Waals surface area contributed by atoms with Crippen LogP contribution in [0.3, 0.4) is 0 Å². The molecule has 0 saturated heterocycles. The van der Waals surface area contributed by atoms with Gasteiger partial charge in [0.25, 0.3) is 0 Å². The topological polar surface area (TPSA) is 91.5 Å². The van der Waals surface area contributed by atoms with Crippen LogP contribution in [0.15, 0.2) is 24.3 Å². The monoisotopic (exact) mass is 350 g/mol. The fourth-order valence-corrected chi connectivity index (χ4v) is 2.83. The molecule has 1 fully saturated rings. The Morgan fingerprint density at radius 1 is 1.12 bits per heavy atom. The van der Waals surface area contributed by atoms with E-state index in [-0.39, 0.29) is 5.56 Å². The molecule has 0 aliphatic heterocycles. The number of para-hydroxylation sites is 1. The summed E-state index contributed by atoms with van der Waals surface area (Å²) in [4.78, 5) is 23.6. The van der Waals surface area contributed by atoms with E-state index in [1.54, 1.807) is 24.3 Å². The molecule has 130 valence electrons. The molecule has 1 aromatic carbocycles. The van der Waals surface area contributed by atoms with Crippen molar-refractivity contribution in [1.29, 1.82) is 0 Å². The molecule has 0 radical (unpaired) electrons. The van der Waals surface area contributed by atoms with Crippen molar-refractivity contribution in [2.45, 2.75) is 38.1 Å². The van der Waals surface area contributed by atoms with E-state index in [0.717, 1.165) is 12.8 Å². The van der Waals surface area contributed by atoms with Crippen molar-refractivity contribution in [3.05, 3.63) is 29.8 Å². The minimum absolute atomic E-state index is 0.276. The number of nitrogens with one attached hydrogen (secondary N) is 4. The van der Waals surface area contributed by atoms with Gasteiger partial charge in [0, 0.05) is 6.04 Å². The van der Waals surface area contributed by atoms with Crippen molar-refractivity contribution in [1.82, 2.24) is 16.2 Å². The summed E-state index contributed by atoms with van der Waals surface area (Å²) in [6.45, 7) is 0.